The van der Waals surface area contributed by atoms with Gasteiger partial charge in [-0.2, -0.15) is 0 Å². The van der Waals surface area contributed by atoms with Crippen molar-refractivity contribution in [3.8, 4) is 22.3 Å². The summed E-state index contributed by atoms with van der Waals surface area (Å²) in [7, 11) is 0. The largest absolute Gasteiger partial charge is 0.462 e. The van der Waals surface area contributed by atoms with Crippen LogP contribution in [0.15, 0.2) is 108 Å². The Morgan fingerprint density at radius 3 is 2.35 bits per heavy atom. The predicted octanol–water partition coefficient (Wildman–Crippen LogP) is 7.79. The van der Waals surface area contributed by atoms with E-state index < -0.39 is 0 Å². The Labute approximate surface area is 232 Å². The van der Waals surface area contributed by atoms with Crippen LogP contribution in [0.5, 0.6) is 0 Å². The minimum Gasteiger partial charge on any atom is -0.462 e. The van der Waals surface area contributed by atoms with Gasteiger partial charge in [-0.1, -0.05) is 65.8 Å². The van der Waals surface area contributed by atoms with Crippen LogP contribution in [0.25, 0.3) is 33.2 Å². The highest BCUT2D eigenvalue weighted by atomic mass is 16.5. The normalized spacial score (nSPS) is 12.0. The molecule has 6 aromatic rings. The van der Waals surface area contributed by atoms with E-state index in [0.717, 1.165) is 55.9 Å². The molecule has 3 aromatic carbocycles. The molecule has 0 aliphatic heterocycles. The summed E-state index contributed by atoms with van der Waals surface area (Å²) < 4.78 is 13.0. The molecule has 1 atom stereocenters. The van der Waals surface area contributed by atoms with E-state index in [-0.39, 0.29) is 12.0 Å². The first-order valence-corrected chi connectivity index (χ1v) is 13.4. The minimum absolute atomic E-state index is 0.155. The molecule has 0 fully saturated rings. The number of carbonyl (C=O) groups excluding carboxylic acids is 1. The molecule has 0 bridgehead atoms. The first-order valence-electron chi connectivity index (χ1n) is 13.4. The van der Waals surface area contributed by atoms with Gasteiger partial charge < -0.3 is 13.8 Å². The Morgan fingerprint density at radius 2 is 1.68 bits per heavy atom. The average Bonchev–Trinajstić information content (AvgIpc) is 3.53. The Morgan fingerprint density at radius 1 is 0.925 bits per heavy atom. The summed E-state index contributed by atoms with van der Waals surface area (Å²) in [6.45, 7) is 6.06. The van der Waals surface area contributed by atoms with Crippen LogP contribution in [0, 0.1) is 13.8 Å². The van der Waals surface area contributed by atoms with E-state index in [1.807, 2.05) is 69.4 Å². The number of ether oxygens (including phenoxy) is 1. The van der Waals surface area contributed by atoms with E-state index in [1.54, 1.807) is 0 Å². The first kappa shape index (κ1) is 25.3. The molecule has 0 amide bonds. The molecule has 0 unspecified atom stereocenters. The van der Waals surface area contributed by atoms with Gasteiger partial charge in [0.25, 0.3) is 0 Å². The number of hydrogen-bond acceptors (Lipinski definition) is 5. The number of nitrogens with zero attached hydrogens (tertiary/aromatic N) is 3. The van der Waals surface area contributed by atoms with Crippen molar-refractivity contribution in [1.29, 1.82) is 0 Å². The lowest BCUT2D eigenvalue weighted by Gasteiger charge is -2.21. The molecule has 40 heavy (non-hydrogen) atoms. The van der Waals surface area contributed by atoms with Gasteiger partial charge in [0.1, 0.15) is 11.8 Å². The molecule has 3 heterocycles. The zero-order chi connectivity index (χ0) is 27.6. The summed E-state index contributed by atoms with van der Waals surface area (Å²) in [5, 5.41) is 5.28. The molecule has 0 spiro atoms. The molecule has 6 nitrogen and oxygen atoms in total. The number of pyridine rings is 1. The van der Waals surface area contributed by atoms with Crippen molar-refractivity contribution in [3.05, 3.63) is 132 Å². The molecule has 3 aromatic heterocycles. The van der Waals surface area contributed by atoms with Gasteiger partial charge in [-0.3, -0.25) is 4.98 Å². The van der Waals surface area contributed by atoms with Crippen molar-refractivity contribution in [1.82, 2.24) is 14.7 Å². The Kier molecular flexibility index (Phi) is 6.74. The van der Waals surface area contributed by atoms with Gasteiger partial charge in [-0.25, -0.2) is 4.79 Å². The number of rotatable bonds is 7. The Bertz CT molecular complexity index is 1730. The van der Waals surface area contributed by atoms with Gasteiger partial charge in [-0.05, 0) is 67.8 Å². The summed E-state index contributed by atoms with van der Waals surface area (Å²) in [5.41, 5.74) is 8.63. The van der Waals surface area contributed by atoms with Crippen LogP contribution in [0.2, 0.25) is 0 Å². The van der Waals surface area contributed by atoms with Crippen molar-refractivity contribution >= 4 is 16.9 Å². The molecular formula is C34H29N3O3. The zero-order valence-electron chi connectivity index (χ0n) is 22.7. The number of aryl methyl sites for hydroxylation is 2. The molecule has 0 aliphatic rings. The van der Waals surface area contributed by atoms with E-state index >= 15 is 0 Å². The van der Waals surface area contributed by atoms with Crippen molar-refractivity contribution in [2.24, 2.45) is 0 Å². The van der Waals surface area contributed by atoms with E-state index in [9.17, 15) is 4.79 Å². The fourth-order valence-electron chi connectivity index (χ4n) is 5.39. The Hall–Kier alpha value is -4.97. The van der Waals surface area contributed by atoms with E-state index in [0.29, 0.717) is 12.2 Å². The maximum absolute atomic E-state index is 12.3. The quantitative estimate of drug-likeness (QED) is 0.198. The van der Waals surface area contributed by atoms with Crippen molar-refractivity contribution in [2.45, 2.75) is 26.8 Å². The lowest BCUT2D eigenvalue weighted by molar-refractivity contribution is 0.0526. The summed E-state index contributed by atoms with van der Waals surface area (Å²) in [4.78, 5) is 17.0. The van der Waals surface area contributed by atoms with Gasteiger partial charge in [0.05, 0.1) is 29.1 Å². The van der Waals surface area contributed by atoms with Crippen LogP contribution in [-0.2, 0) is 4.74 Å². The third-order valence-corrected chi connectivity index (χ3v) is 7.22. The number of esters is 1. The number of carbonyl (C=O) groups is 1. The number of benzene rings is 3. The van der Waals surface area contributed by atoms with Gasteiger partial charge >= 0.3 is 5.97 Å². The second-order valence-electron chi connectivity index (χ2n) is 9.75. The van der Waals surface area contributed by atoms with Crippen molar-refractivity contribution in [2.75, 3.05) is 6.61 Å². The highest BCUT2D eigenvalue weighted by Crippen LogP contribution is 2.39. The van der Waals surface area contributed by atoms with Crippen molar-refractivity contribution in [3.63, 3.8) is 0 Å². The van der Waals surface area contributed by atoms with Crippen LogP contribution < -0.4 is 0 Å². The zero-order valence-corrected chi connectivity index (χ0v) is 22.7. The summed E-state index contributed by atoms with van der Waals surface area (Å²) >= 11 is 0. The standard InChI is InChI=1S/C34H29N3O3/c1-4-39-34(38)26-15-13-24(14-16-26)29-21-37(33(25-10-6-5-7-11-25)30-12-8-9-19-35-30)31-20-27(17-18-28(29)31)32-22(2)36-40-23(32)3/h5-21,33H,4H2,1-3H3/t33-/m1/s1. The summed E-state index contributed by atoms with van der Waals surface area (Å²) in [5.74, 6) is 0.467. The second kappa shape index (κ2) is 10.7. The van der Waals surface area contributed by atoms with Gasteiger partial charge in [0.15, 0.2) is 0 Å². The number of fused-ring (bicyclic) bond motifs is 1. The lowest BCUT2D eigenvalue weighted by Crippen LogP contribution is -2.12. The molecule has 0 aliphatic carbocycles. The van der Waals surface area contributed by atoms with Crippen LogP contribution in [0.1, 0.15) is 46.0 Å². The highest BCUT2D eigenvalue weighted by molar-refractivity contribution is 5.99. The third-order valence-electron chi connectivity index (χ3n) is 7.22. The number of hydrogen-bond donors (Lipinski definition) is 0. The monoisotopic (exact) mass is 527 g/mol. The molecule has 0 saturated heterocycles. The van der Waals surface area contributed by atoms with Gasteiger partial charge in [0.2, 0.25) is 0 Å². The maximum Gasteiger partial charge on any atom is 0.338 e. The van der Waals surface area contributed by atoms with Crippen LogP contribution >= 0.6 is 0 Å². The smallest absolute Gasteiger partial charge is 0.338 e. The van der Waals surface area contributed by atoms with Crippen LogP contribution in [0.4, 0.5) is 0 Å². The number of aromatic nitrogens is 3. The lowest BCUT2D eigenvalue weighted by atomic mass is 9.99. The summed E-state index contributed by atoms with van der Waals surface area (Å²) in [6.07, 6.45) is 4.02. The molecule has 0 radical (unpaired) electrons. The van der Waals surface area contributed by atoms with E-state index in [1.165, 1.54) is 0 Å². The topological polar surface area (TPSA) is 70.2 Å². The molecule has 6 rings (SSSR count). The SMILES string of the molecule is CCOC(=O)c1ccc(-c2cn([C@H](c3ccccc3)c3ccccn3)c3cc(-c4c(C)noc4C)ccc23)cc1. The van der Waals surface area contributed by atoms with Gasteiger partial charge in [-0.15, -0.1) is 0 Å². The van der Waals surface area contributed by atoms with Crippen LogP contribution in [-0.4, -0.2) is 27.3 Å². The second-order valence-corrected chi connectivity index (χ2v) is 9.75. The first-order chi connectivity index (χ1) is 19.5. The van der Waals surface area contributed by atoms with Crippen molar-refractivity contribution < 1.29 is 14.1 Å². The van der Waals surface area contributed by atoms with E-state index in [2.05, 4.69) is 64.5 Å². The van der Waals surface area contributed by atoms with E-state index in [4.69, 9.17) is 14.2 Å². The fourth-order valence-corrected chi connectivity index (χ4v) is 5.39. The molecular weight excluding hydrogens is 498 g/mol. The maximum atomic E-state index is 12.3. The summed E-state index contributed by atoms with van der Waals surface area (Å²) in [6, 6.07) is 30.4. The molecule has 198 valence electrons. The average molecular weight is 528 g/mol. The Balaban J connectivity index is 1.59. The van der Waals surface area contributed by atoms with Crippen LogP contribution in [0.3, 0.4) is 0 Å². The molecule has 0 N–H and O–H groups in total. The third kappa shape index (κ3) is 4.58. The predicted molar refractivity (Wildman–Crippen MR) is 156 cm³/mol. The highest BCUT2D eigenvalue weighted by Gasteiger charge is 2.23. The minimum atomic E-state index is -0.320. The molecule has 0 saturated carbocycles. The fraction of sp³-hybridized carbons (Fsp3) is 0.147. The van der Waals surface area contributed by atoms with Gasteiger partial charge in [0, 0.05) is 28.9 Å². The molecule has 6 heteroatoms.